The van der Waals surface area contributed by atoms with Gasteiger partial charge in [0.25, 0.3) is 0 Å². The van der Waals surface area contributed by atoms with Crippen LogP contribution < -0.4 is 5.32 Å². The van der Waals surface area contributed by atoms with Crippen molar-refractivity contribution in [2.45, 2.75) is 39.2 Å². The molecule has 0 saturated carbocycles. The van der Waals surface area contributed by atoms with Gasteiger partial charge in [0.15, 0.2) is 0 Å². The Morgan fingerprint density at radius 1 is 1.62 bits per heavy atom. The Bertz CT molecular complexity index is 221. The third kappa shape index (κ3) is 3.76. The van der Waals surface area contributed by atoms with E-state index in [1.165, 1.54) is 0 Å². The lowest BCUT2D eigenvalue weighted by Crippen LogP contribution is -2.38. The summed E-state index contributed by atoms with van der Waals surface area (Å²) >= 11 is 0. The van der Waals surface area contributed by atoms with E-state index in [2.05, 4.69) is 5.32 Å². The van der Waals surface area contributed by atoms with E-state index < -0.39 is 0 Å². The number of rotatable bonds is 7. The van der Waals surface area contributed by atoms with Crippen LogP contribution in [0.5, 0.6) is 0 Å². The second kappa shape index (κ2) is 6.86. The van der Waals surface area contributed by atoms with E-state index in [1.807, 2.05) is 18.7 Å². The fourth-order valence-corrected chi connectivity index (χ4v) is 2.12. The first-order valence-corrected chi connectivity index (χ1v) is 6.32. The molecule has 0 spiro atoms. The first-order chi connectivity index (χ1) is 7.69. The smallest absolute Gasteiger partial charge is 0.239 e. The molecule has 1 amide bonds. The largest absolute Gasteiger partial charge is 0.396 e. The fraction of sp³-hybridized carbons (Fsp3) is 0.917. The highest BCUT2D eigenvalue weighted by atomic mass is 16.3. The summed E-state index contributed by atoms with van der Waals surface area (Å²) in [6.45, 7) is 6.88. The molecule has 0 aromatic heterocycles. The van der Waals surface area contributed by atoms with Crippen LogP contribution in [0.25, 0.3) is 0 Å². The Kier molecular flexibility index (Phi) is 5.77. The second-order valence-electron chi connectivity index (χ2n) is 4.65. The average molecular weight is 228 g/mol. The Hall–Kier alpha value is -0.610. The van der Waals surface area contributed by atoms with Crippen LogP contribution in [0.2, 0.25) is 0 Å². The molecule has 2 N–H and O–H groups in total. The summed E-state index contributed by atoms with van der Waals surface area (Å²) in [6, 6.07) is 0.0419. The first kappa shape index (κ1) is 13.5. The number of likely N-dealkylation sites (N-methyl/N-ethyl adjacent to an activating group) is 1. The minimum atomic E-state index is 0.0419. The zero-order valence-electron chi connectivity index (χ0n) is 10.4. The minimum absolute atomic E-state index is 0.0419. The molecule has 1 aliphatic heterocycles. The van der Waals surface area contributed by atoms with Gasteiger partial charge in [0.2, 0.25) is 5.91 Å². The van der Waals surface area contributed by atoms with Crippen molar-refractivity contribution in [3.8, 4) is 0 Å². The van der Waals surface area contributed by atoms with Crippen molar-refractivity contribution in [3.63, 3.8) is 0 Å². The first-order valence-electron chi connectivity index (χ1n) is 6.32. The molecule has 2 unspecified atom stereocenters. The normalized spacial score (nSPS) is 22.8. The summed E-state index contributed by atoms with van der Waals surface area (Å²) in [7, 11) is 0. The average Bonchev–Trinajstić information content (AvgIpc) is 2.62. The number of nitrogens with one attached hydrogen (secondary N) is 1. The van der Waals surface area contributed by atoms with E-state index in [1.54, 1.807) is 0 Å². The maximum atomic E-state index is 11.9. The summed E-state index contributed by atoms with van der Waals surface area (Å²) in [5, 5.41) is 12.1. The molecule has 0 aromatic rings. The maximum Gasteiger partial charge on any atom is 0.239 e. The van der Waals surface area contributed by atoms with E-state index >= 15 is 0 Å². The van der Waals surface area contributed by atoms with Crippen molar-refractivity contribution in [1.29, 1.82) is 0 Å². The highest BCUT2D eigenvalue weighted by Gasteiger charge is 2.30. The van der Waals surface area contributed by atoms with Crippen LogP contribution in [0.4, 0.5) is 0 Å². The lowest BCUT2D eigenvalue weighted by Gasteiger charge is -2.17. The van der Waals surface area contributed by atoms with Gasteiger partial charge in [0.1, 0.15) is 0 Å². The number of nitrogens with zero attached hydrogens (tertiary/aromatic N) is 1. The van der Waals surface area contributed by atoms with E-state index in [4.69, 9.17) is 5.11 Å². The third-order valence-corrected chi connectivity index (χ3v) is 3.18. The van der Waals surface area contributed by atoms with Crippen LogP contribution in [-0.2, 0) is 4.79 Å². The van der Waals surface area contributed by atoms with Crippen LogP contribution in [0.1, 0.15) is 33.1 Å². The Balaban J connectivity index is 2.21. The molecule has 0 aliphatic carbocycles. The predicted octanol–water partition coefficient (Wildman–Crippen LogP) is 0.605. The summed E-state index contributed by atoms with van der Waals surface area (Å²) in [6.07, 6.45) is 2.92. The molecule has 1 aliphatic rings. The Morgan fingerprint density at radius 2 is 2.38 bits per heavy atom. The van der Waals surface area contributed by atoms with Gasteiger partial charge >= 0.3 is 0 Å². The highest BCUT2D eigenvalue weighted by molar-refractivity contribution is 5.83. The molecule has 2 atom stereocenters. The molecule has 16 heavy (non-hydrogen) atoms. The van der Waals surface area contributed by atoms with E-state index in [9.17, 15) is 4.79 Å². The molecule has 1 heterocycles. The number of hydrogen-bond acceptors (Lipinski definition) is 3. The molecular formula is C12H24N2O2. The van der Waals surface area contributed by atoms with Gasteiger partial charge in [-0.1, -0.05) is 13.8 Å². The quantitative estimate of drug-likeness (QED) is 0.671. The van der Waals surface area contributed by atoms with Crippen molar-refractivity contribution in [2.24, 2.45) is 5.92 Å². The van der Waals surface area contributed by atoms with Crippen molar-refractivity contribution in [2.75, 3.05) is 26.2 Å². The summed E-state index contributed by atoms with van der Waals surface area (Å²) in [5.74, 6) is 0.598. The van der Waals surface area contributed by atoms with Crippen molar-refractivity contribution in [1.82, 2.24) is 10.2 Å². The van der Waals surface area contributed by atoms with Crippen LogP contribution in [-0.4, -0.2) is 48.2 Å². The van der Waals surface area contributed by atoms with Gasteiger partial charge in [-0.25, -0.2) is 0 Å². The van der Waals surface area contributed by atoms with E-state index in [0.717, 1.165) is 38.9 Å². The fourth-order valence-electron chi connectivity index (χ4n) is 2.12. The zero-order chi connectivity index (χ0) is 12.0. The van der Waals surface area contributed by atoms with Crippen LogP contribution in [0.15, 0.2) is 0 Å². The number of amides is 1. The van der Waals surface area contributed by atoms with Crippen LogP contribution in [0, 0.1) is 5.92 Å². The number of hydrogen-bond donors (Lipinski definition) is 2. The lowest BCUT2D eigenvalue weighted by molar-refractivity contribution is -0.129. The molecule has 4 heteroatoms. The van der Waals surface area contributed by atoms with Gasteiger partial charge in [-0.3, -0.25) is 4.79 Å². The molecule has 0 bridgehead atoms. The van der Waals surface area contributed by atoms with Gasteiger partial charge in [0.05, 0.1) is 6.04 Å². The zero-order valence-corrected chi connectivity index (χ0v) is 10.4. The third-order valence-electron chi connectivity index (χ3n) is 3.18. The van der Waals surface area contributed by atoms with Gasteiger partial charge in [-0.2, -0.15) is 0 Å². The maximum absolute atomic E-state index is 11.9. The molecule has 1 saturated heterocycles. The number of aliphatic hydroxyl groups excluding tert-OH is 1. The molecule has 1 fully saturated rings. The molecule has 1 rings (SSSR count). The van der Waals surface area contributed by atoms with Gasteiger partial charge in [-0.15, -0.1) is 0 Å². The van der Waals surface area contributed by atoms with Gasteiger partial charge in [0, 0.05) is 19.7 Å². The number of likely N-dealkylation sites (tertiary alicyclic amines) is 1. The lowest BCUT2D eigenvalue weighted by atomic mass is 10.1. The van der Waals surface area contributed by atoms with E-state index in [-0.39, 0.29) is 18.6 Å². The standard InChI is InChI=1S/C12H24N2O2/c1-3-13-11-6-8-14(12(11)16)7-4-5-10(2)9-15/h10-11,13,15H,3-9H2,1-2H3. The number of carbonyl (C=O) groups excluding carboxylic acids is 1. The highest BCUT2D eigenvalue weighted by Crippen LogP contribution is 2.13. The summed E-state index contributed by atoms with van der Waals surface area (Å²) in [4.78, 5) is 13.8. The van der Waals surface area contributed by atoms with Crippen LogP contribution >= 0.6 is 0 Å². The SMILES string of the molecule is CCNC1CCN(CCCC(C)CO)C1=O. The number of aliphatic hydroxyl groups is 1. The molecule has 0 radical (unpaired) electrons. The second-order valence-corrected chi connectivity index (χ2v) is 4.65. The number of carbonyl (C=O) groups is 1. The van der Waals surface area contributed by atoms with Crippen molar-refractivity contribution in [3.05, 3.63) is 0 Å². The summed E-state index contributed by atoms with van der Waals surface area (Å²) < 4.78 is 0. The van der Waals surface area contributed by atoms with Gasteiger partial charge in [-0.05, 0) is 31.7 Å². The topological polar surface area (TPSA) is 52.6 Å². The monoisotopic (exact) mass is 228 g/mol. The molecule has 0 aromatic carbocycles. The summed E-state index contributed by atoms with van der Waals surface area (Å²) in [5.41, 5.74) is 0. The molecular weight excluding hydrogens is 204 g/mol. The van der Waals surface area contributed by atoms with Crippen molar-refractivity contribution >= 4 is 5.91 Å². The molecule has 94 valence electrons. The molecule has 4 nitrogen and oxygen atoms in total. The minimum Gasteiger partial charge on any atom is -0.396 e. The van der Waals surface area contributed by atoms with E-state index in [0.29, 0.717) is 5.92 Å². The van der Waals surface area contributed by atoms with Crippen molar-refractivity contribution < 1.29 is 9.90 Å². The Labute approximate surface area is 98.0 Å². The predicted molar refractivity (Wildman–Crippen MR) is 64.1 cm³/mol. The van der Waals surface area contributed by atoms with Gasteiger partial charge < -0.3 is 15.3 Å². The Morgan fingerprint density at radius 3 is 3.00 bits per heavy atom. The van der Waals surface area contributed by atoms with Crippen LogP contribution in [0.3, 0.4) is 0 Å².